The van der Waals surface area contributed by atoms with Crippen LogP contribution in [0.15, 0.2) is 42.5 Å². The lowest BCUT2D eigenvalue weighted by Gasteiger charge is -2.17. The summed E-state index contributed by atoms with van der Waals surface area (Å²) in [7, 11) is 0. The summed E-state index contributed by atoms with van der Waals surface area (Å²) in [6.45, 7) is 3.80. The summed E-state index contributed by atoms with van der Waals surface area (Å²) in [6, 6.07) is 12.9. The first-order valence-electron chi connectivity index (χ1n) is 7.83. The molecular formula is C18H23N3O2. The molecule has 0 aliphatic carbocycles. The Bertz CT molecular complexity index is 694. The van der Waals surface area contributed by atoms with E-state index in [9.17, 15) is 9.59 Å². The van der Waals surface area contributed by atoms with Gasteiger partial charge in [0.1, 0.15) is 0 Å². The van der Waals surface area contributed by atoms with E-state index in [0.29, 0.717) is 0 Å². The van der Waals surface area contributed by atoms with Crippen LogP contribution < -0.4 is 16.4 Å². The molecule has 0 fully saturated rings. The fourth-order valence-corrected chi connectivity index (χ4v) is 2.33. The number of hydrogen-bond donors (Lipinski definition) is 3. The predicted octanol–water partition coefficient (Wildman–Crippen LogP) is 2.27. The van der Waals surface area contributed by atoms with Crippen LogP contribution in [0.1, 0.15) is 20.3 Å². The van der Waals surface area contributed by atoms with Gasteiger partial charge in [-0.3, -0.25) is 9.59 Å². The third-order valence-corrected chi connectivity index (χ3v) is 4.05. The molecule has 23 heavy (non-hydrogen) atoms. The Morgan fingerprint density at radius 2 is 1.83 bits per heavy atom. The lowest BCUT2D eigenvalue weighted by molar-refractivity contribution is -0.125. The van der Waals surface area contributed by atoms with Crippen molar-refractivity contribution in [2.75, 3.05) is 11.9 Å². The van der Waals surface area contributed by atoms with E-state index in [1.54, 1.807) is 0 Å². The highest BCUT2D eigenvalue weighted by Gasteiger charge is 2.19. The highest BCUT2D eigenvalue weighted by Crippen LogP contribution is 2.22. The molecule has 0 saturated heterocycles. The van der Waals surface area contributed by atoms with Crippen LogP contribution in [0.5, 0.6) is 0 Å². The predicted molar refractivity (Wildman–Crippen MR) is 93.0 cm³/mol. The van der Waals surface area contributed by atoms with Crippen molar-refractivity contribution >= 4 is 28.3 Å². The van der Waals surface area contributed by atoms with Crippen molar-refractivity contribution in [2.24, 2.45) is 11.7 Å². The minimum Gasteiger partial charge on any atom is -0.346 e. The highest BCUT2D eigenvalue weighted by atomic mass is 16.2. The van der Waals surface area contributed by atoms with Crippen molar-refractivity contribution in [3.8, 4) is 0 Å². The second kappa shape index (κ2) is 7.74. The van der Waals surface area contributed by atoms with E-state index in [0.717, 1.165) is 22.9 Å². The summed E-state index contributed by atoms with van der Waals surface area (Å²) in [6.07, 6.45) is 0.816. The summed E-state index contributed by atoms with van der Waals surface area (Å²) >= 11 is 0. The summed E-state index contributed by atoms with van der Waals surface area (Å²) in [5.74, 6) is -0.491. The lowest BCUT2D eigenvalue weighted by Crippen LogP contribution is -2.46. The molecule has 5 heteroatoms. The smallest absolute Gasteiger partial charge is 0.243 e. The van der Waals surface area contributed by atoms with Crippen LogP contribution in [-0.4, -0.2) is 24.4 Å². The Kier molecular flexibility index (Phi) is 5.71. The van der Waals surface area contributed by atoms with Gasteiger partial charge in [0.25, 0.3) is 0 Å². The Hall–Kier alpha value is -2.40. The van der Waals surface area contributed by atoms with E-state index in [1.165, 1.54) is 0 Å². The van der Waals surface area contributed by atoms with Crippen LogP contribution in [0, 0.1) is 5.92 Å². The van der Waals surface area contributed by atoms with Crippen molar-refractivity contribution in [3.05, 3.63) is 42.5 Å². The van der Waals surface area contributed by atoms with E-state index in [-0.39, 0.29) is 24.3 Å². The SMILES string of the molecule is CCC(C)C(N)C(=O)NCC(=O)Nc1cccc2ccccc12. The van der Waals surface area contributed by atoms with Gasteiger partial charge in [-0.15, -0.1) is 0 Å². The van der Waals surface area contributed by atoms with Crippen molar-refractivity contribution < 1.29 is 9.59 Å². The van der Waals surface area contributed by atoms with E-state index < -0.39 is 6.04 Å². The van der Waals surface area contributed by atoms with Crippen LogP contribution in [0.4, 0.5) is 5.69 Å². The van der Waals surface area contributed by atoms with Crippen molar-refractivity contribution in [2.45, 2.75) is 26.3 Å². The fourth-order valence-electron chi connectivity index (χ4n) is 2.33. The number of benzene rings is 2. The molecule has 0 radical (unpaired) electrons. The summed E-state index contributed by atoms with van der Waals surface area (Å²) in [5, 5.41) is 7.43. The number of hydrogen-bond acceptors (Lipinski definition) is 3. The molecule has 2 aromatic carbocycles. The summed E-state index contributed by atoms with van der Waals surface area (Å²) in [5.41, 5.74) is 6.57. The minimum atomic E-state index is -0.592. The molecule has 0 saturated carbocycles. The third-order valence-electron chi connectivity index (χ3n) is 4.05. The molecule has 2 amide bonds. The summed E-state index contributed by atoms with van der Waals surface area (Å²) < 4.78 is 0. The average Bonchev–Trinajstić information content (AvgIpc) is 2.58. The average molecular weight is 313 g/mol. The maximum atomic E-state index is 12.1. The molecule has 0 aliphatic rings. The van der Waals surface area contributed by atoms with Gasteiger partial charge in [0.15, 0.2) is 0 Å². The van der Waals surface area contributed by atoms with Crippen LogP contribution >= 0.6 is 0 Å². The number of anilines is 1. The van der Waals surface area contributed by atoms with E-state index >= 15 is 0 Å². The number of nitrogens with two attached hydrogens (primary N) is 1. The first-order chi connectivity index (χ1) is 11.0. The summed E-state index contributed by atoms with van der Waals surface area (Å²) in [4.78, 5) is 24.0. The number of fused-ring (bicyclic) bond motifs is 1. The van der Waals surface area contributed by atoms with Gasteiger partial charge in [-0.2, -0.15) is 0 Å². The molecule has 2 atom stereocenters. The maximum absolute atomic E-state index is 12.1. The first kappa shape index (κ1) is 17.0. The van der Waals surface area contributed by atoms with E-state index in [1.807, 2.05) is 56.3 Å². The molecule has 4 N–H and O–H groups in total. The highest BCUT2D eigenvalue weighted by molar-refractivity contribution is 6.03. The number of amides is 2. The zero-order valence-electron chi connectivity index (χ0n) is 13.5. The molecular weight excluding hydrogens is 290 g/mol. The van der Waals surface area contributed by atoms with Gasteiger partial charge in [0.05, 0.1) is 12.6 Å². The molecule has 0 heterocycles. The monoisotopic (exact) mass is 313 g/mol. The molecule has 2 aromatic rings. The molecule has 0 bridgehead atoms. The van der Waals surface area contributed by atoms with Gasteiger partial charge in [0.2, 0.25) is 11.8 Å². The molecule has 5 nitrogen and oxygen atoms in total. The number of rotatable bonds is 6. The zero-order valence-corrected chi connectivity index (χ0v) is 13.5. The largest absolute Gasteiger partial charge is 0.346 e. The van der Waals surface area contributed by atoms with Gasteiger partial charge >= 0.3 is 0 Å². The van der Waals surface area contributed by atoms with Gasteiger partial charge in [-0.1, -0.05) is 56.7 Å². The Morgan fingerprint density at radius 1 is 1.13 bits per heavy atom. The van der Waals surface area contributed by atoms with Gasteiger partial charge in [-0.05, 0) is 17.4 Å². The molecule has 0 aromatic heterocycles. The van der Waals surface area contributed by atoms with Crippen molar-refractivity contribution in [3.63, 3.8) is 0 Å². The quantitative estimate of drug-likeness (QED) is 0.765. The molecule has 2 rings (SSSR count). The first-order valence-corrected chi connectivity index (χ1v) is 7.83. The normalized spacial score (nSPS) is 13.3. The molecule has 0 spiro atoms. The Morgan fingerprint density at radius 3 is 2.57 bits per heavy atom. The molecule has 0 aliphatic heterocycles. The zero-order chi connectivity index (χ0) is 16.8. The third kappa shape index (κ3) is 4.29. The standard InChI is InChI=1S/C18H23N3O2/c1-3-12(2)17(19)18(23)20-11-16(22)21-15-10-6-8-13-7-4-5-9-14(13)15/h4-10,12,17H,3,11,19H2,1-2H3,(H,20,23)(H,21,22). The van der Waals surface area contributed by atoms with Crippen LogP contribution in [0.3, 0.4) is 0 Å². The minimum absolute atomic E-state index is 0.0797. The van der Waals surface area contributed by atoms with Gasteiger partial charge in [-0.25, -0.2) is 0 Å². The van der Waals surface area contributed by atoms with Crippen LogP contribution in [-0.2, 0) is 9.59 Å². The number of carbonyl (C=O) groups is 2. The number of nitrogens with one attached hydrogen (secondary N) is 2. The van der Waals surface area contributed by atoms with Crippen LogP contribution in [0.2, 0.25) is 0 Å². The second-order valence-electron chi connectivity index (χ2n) is 5.70. The van der Waals surface area contributed by atoms with Crippen molar-refractivity contribution in [1.82, 2.24) is 5.32 Å². The van der Waals surface area contributed by atoms with Crippen molar-refractivity contribution in [1.29, 1.82) is 0 Å². The lowest BCUT2D eigenvalue weighted by atomic mass is 9.99. The topological polar surface area (TPSA) is 84.2 Å². The number of carbonyl (C=O) groups excluding carboxylic acids is 2. The van der Waals surface area contributed by atoms with Gasteiger partial charge in [0, 0.05) is 11.1 Å². The van der Waals surface area contributed by atoms with E-state index in [2.05, 4.69) is 10.6 Å². The maximum Gasteiger partial charge on any atom is 0.243 e. The molecule has 122 valence electrons. The molecule has 2 unspecified atom stereocenters. The Balaban J connectivity index is 1.96. The van der Waals surface area contributed by atoms with E-state index in [4.69, 9.17) is 5.73 Å². The Labute approximate surface area is 136 Å². The fraction of sp³-hybridized carbons (Fsp3) is 0.333. The van der Waals surface area contributed by atoms with Gasteiger partial charge < -0.3 is 16.4 Å². The van der Waals surface area contributed by atoms with Crippen LogP contribution in [0.25, 0.3) is 10.8 Å². The second-order valence-corrected chi connectivity index (χ2v) is 5.70.